The Hall–Kier alpha value is -0.730. The fraction of sp³-hybridized carbons (Fsp3) is 0.111. The van der Waals surface area contributed by atoms with E-state index in [-0.39, 0.29) is 0 Å². The Morgan fingerprint density at radius 2 is 2.25 bits per heavy atom. The van der Waals surface area contributed by atoms with Gasteiger partial charge in [-0.3, -0.25) is 0 Å². The molecule has 0 unspecified atom stereocenters. The van der Waals surface area contributed by atoms with Gasteiger partial charge in [-0.25, -0.2) is 0 Å². The summed E-state index contributed by atoms with van der Waals surface area (Å²) in [6.07, 6.45) is 0. The topological polar surface area (TPSA) is 9.23 Å². The van der Waals surface area contributed by atoms with E-state index < -0.39 is 0 Å². The van der Waals surface area contributed by atoms with Crippen LogP contribution in [0.5, 0.6) is 5.75 Å². The van der Waals surface area contributed by atoms with E-state index in [0.717, 1.165) is 20.9 Å². The predicted molar refractivity (Wildman–Crippen MR) is 53.4 cm³/mol. The van der Waals surface area contributed by atoms with Crippen LogP contribution in [0.2, 0.25) is 5.02 Å². The predicted octanol–water partition coefficient (Wildman–Crippen LogP) is 3.56. The number of fused-ring (bicyclic) bond motifs is 1. The Labute approximate surface area is 79.5 Å². The monoisotopic (exact) mass is 198 g/mol. The summed E-state index contributed by atoms with van der Waals surface area (Å²) in [5.41, 5.74) is 0. The Kier molecular flexibility index (Phi) is 1.95. The summed E-state index contributed by atoms with van der Waals surface area (Å²) < 4.78 is 6.35. The standard InChI is InChI=1S/C9H7ClOS/c1-11-8-5-7(10)4-6-2-3-12-9(6)8/h2-5H,1H3. The van der Waals surface area contributed by atoms with Gasteiger partial charge in [-0.05, 0) is 22.9 Å². The van der Waals surface area contributed by atoms with E-state index in [1.165, 1.54) is 0 Å². The molecule has 0 aliphatic heterocycles. The molecule has 2 rings (SSSR count). The number of hydrogen-bond acceptors (Lipinski definition) is 2. The van der Waals surface area contributed by atoms with Crippen LogP contribution in [-0.4, -0.2) is 7.11 Å². The van der Waals surface area contributed by atoms with Crippen molar-refractivity contribution in [2.45, 2.75) is 0 Å². The zero-order valence-corrected chi connectivity index (χ0v) is 8.08. The lowest BCUT2D eigenvalue weighted by Gasteiger charge is -2.01. The molecule has 0 amide bonds. The number of benzene rings is 1. The first-order valence-electron chi connectivity index (χ1n) is 3.52. The highest BCUT2D eigenvalue weighted by atomic mass is 35.5. The highest BCUT2D eigenvalue weighted by Gasteiger charge is 2.03. The molecular weight excluding hydrogens is 192 g/mol. The summed E-state index contributed by atoms with van der Waals surface area (Å²) in [4.78, 5) is 0. The van der Waals surface area contributed by atoms with Crippen LogP contribution in [0.25, 0.3) is 10.1 Å². The summed E-state index contributed by atoms with van der Waals surface area (Å²) in [7, 11) is 1.66. The summed E-state index contributed by atoms with van der Waals surface area (Å²) >= 11 is 7.55. The van der Waals surface area contributed by atoms with Crippen LogP contribution in [0.15, 0.2) is 23.6 Å². The maximum absolute atomic E-state index is 5.88. The molecule has 0 bridgehead atoms. The van der Waals surface area contributed by atoms with Crippen molar-refractivity contribution in [1.29, 1.82) is 0 Å². The maximum atomic E-state index is 5.88. The molecule has 0 saturated heterocycles. The molecule has 0 aliphatic carbocycles. The van der Waals surface area contributed by atoms with Gasteiger partial charge in [0, 0.05) is 11.1 Å². The third-order valence-electron chi connectivity index (χ3n) is 1.70. The van der Waals surface area contributed by atoms with Crippen LogP contribution >= 0.6 is 22.9 Å². The molecule has 1 aromatic heterocycles. The van der Waals surface area contributed by atoms with E-state index in [9.17, 15) is 0 Å². The zero-order chi connectivity index (χ0) is 8.55. The summed E-state index contributed by atoms with van der Waals surface area (Å²) in [6, 6.07) is 5.81. The highest BCUT2D eigenvalue weighted by molar-refractivity contribution is 7.17. The van der Waals surface area contributed by atoms with Crippen molar-refractivity contribution >= 4 is 33.0 Å². The molecule has 12 heavy (non-hydrogen) atoms. The molecule has 3 heteroatoms. The van der Waals surface area contributed by atoms with Crippen LogP contribution in [0.4, 0.5) is 0 Å². The van der Waals surface area contributed by atoms with Crippen molar-refractivity contribution in [2.24, 2.45) is 0 Å². The highest BCUT2D eigenvalue weighted by Crippen LogP contribution is 2.33. The van der Waals surface area contributed by atoms with Gasteiger partial charge in [0.2, 0.25) is 0 Å². The van der Waals surface area contributed by atoms with Crippen molar-refractivity contribution in [1.82, 2.24) is 0 Å². The van der Waals surface area contributed by atoms with Crippen molar-refractivity contribution in [3.8, 4) is 5.75 Å². The summed E-state index contributed by atoms with van der Waals surface area (Å²) in [5.74, 6) is 0.854. The summed E-state index contributed by atoms with van der Waals surface area (Å²) in [5, 5.41) is 3.89. The largest absolute Gasteiger partial charge is 0.495 e. The van der Waals surface area contributed by atoms with Gasteiger partial charge in [0.1, 0.15) is 5.75 Å². The van der Waals surface area contributed by atoms with Gasteiger partial charge in [0.05, 0.1) is 11.8 Å². The minimum atomic E-state index is 0.720. The third kappa shape index (κ3) is 1.17. The molecule has 0 saturated carbocycles. The molecule has 62 valence electrons. The van der Waals surface area contributed by atoms with Gasteiger partial charge in [0.15, 0.2) is 0 Å². The van der Waals surface area contributed by atoms with Crippen molar-refractivity contribution in [2.75, 3.05) is 7.11 Å². The molecule has 2 aromatic rings. The van der Waals surface area contributed by atoms with Crippen LogP contribution in [-0.2, 0) is 0 Å². The second kappa shape index (κ2) is 2.96. The lowest BCUT2D eigenvalue weighted by atomic mass is 10.2. The lowest BCUT2D eigenvalue weighted by Crippen LogP contribution is -1.81. The minimum Gasteiger partial charge on any atom is -0.495 e. The molecule has 0 fully saturated rings. The molecule has 1 nitrogen and oxygen atoms in total. The van der Waals surface area contributed by atoms with Crippen LogP contribution in [0.1, 0.15) is 0 Å². The number of ether oxygens (including phenoxy) is 1. The fourth-order valence-electron chi connectivity index (χ4n) is 1.17. The van der Waals surface area contributed by atoms with Gasteiger partial charge in [-0.15, -0.1) is 11.3 Å². The van der Waals surface area contributed by atoms with Gasteiger partial charge in [-0.2, -0.15) is 0 Å². The van der Waals surface area contributed by atoms with E-state index >= 15 is 0 Å². The minimum absolute atomic E-state index is 0.720. The maximum Gasteiger partial charge on any atom is 0.138 e. The fourth-order valence-corrected chi connectivity index (χ4v) is 2.25. The SMILES string of the molecule is COc1cc(Cl)cc2ccsc12. The van der Waals surface area contributed by atoms with E-state index in [0.29, 0.717) is 0 Å². The molecule has 0 N–H and O–H groups in total. The first-order chi connectivity index (χ1) is 5.81. The number of hydrogen-bond donors (Lipinski definition) is 0. The van der Waals surface area contributed by atoms with Crippen molar-refractivity contribution < 1.29 is 4.74 Å². The molecule has 0 spiro atoms. The van der Waals surface area contributed by atoms with E-state index in [2.05, 4.69) is 0 Å². The Morgan fingerprint density at radius 1 is 1.42 bits per heavy atom. The van der Waals surface area contributed by atoms with Gasteiger partial charge >= 0.3 is 0 Å². The van der Waals surface area contributed by atoms with Crippen LogP contribution < -0.4 is 4.74 Å². The average Bonchev–Trinajstić information content (AvgIpc) is 2.50. The molecule has 1 aromatic carbocycles. The Bertz CT molecular complexity index is 408. The van der Waals surface area contributed by atoms with Gasteiger partial charge < -0.3 is 4.74 Å². The molecule has 1 heterocycles. The number of thiophene rings is 1. The van der Waals surface area contributed by atoms with Crippen LogP contribution in [0, 0.1) is 0 Å². The Morgan fingerprint density at radius 3 is 3.00 bits per heavy atom. The van der Waals surface area contributed by atoms with Gasteiger partial charge in [0.25, 0.3) is 0 Å². The van der Waals surface area contributed by atoms with E-state index in [1.54, 1.807) is 18.4 Å². The lowest BCUT2D eigenvalue weighted by molar-refractivity contribution is 0.420. The average molecular weight is 199 g/mol. The molecule has 0 aliphatic rings. The second-order valence-corrected chi connectivity index (χ2v) is 3.80. The van der Waals surface area contributed by atoms with Crippen molar-refractivity contribution in [3.05, 3.63) is 28.6 Å². The van der Waals surface area contributed by atoms with Crippen LogP contribution in [0.3, 0.4) is 0 Å². The molecular formula is C9H7ClOS. The zero-order valence-electron chi connectivity index (χ0n) is 6.50. The van der Waals surface area contributed by atoms with E-state index in [1.807, 2.05) is 23.6 Å². The normalized spacial score (nSPS) is 10.5. The quantitative estimate of drug-likeness (QED) is 0.681. The third-order valence-corrected chi connectivity index (χ3v) is 2.86. The van der Waals surface area contributed by atoms with Gasteiger partial charge in [-0.1, -0.05) is 11.6 Å². The first kappa shape index (κ1) is 7.90. The smallest absolute Gasteiger partial charge is 0.138 e. The molecule has 0 atom stereocenters. The number of methoxy groups -OCH3 is 1. The van der Waals surface area contributed by atoms with Crippen molar-refractivity contribution in [3.63, 3.8) is 0 Å². The Balaban J connectivity index is 2.80. The summed E-state index contributed by atoms with van der Waals surface area (Å²) in [6.45, 7) is 0. The number of halogens is 1. The first-order valence-corrected chi connectivity index (χ1v) is 4.78. The molecule has 0 radical (unpaired) electrons. The van der Waals surface area contributed by atoms with E-state index in [4.69, 9.17) is 16.3 Å². The number of rotatable bonds is 1. The second-order valence-electron chi connectivity index (χ2n) is 2.45.